The van der Waals surface area contributed by atoms with E-state index in [2.05, 4.69) is 100 Å². The molecule has 0 aromatic carbocycles. The fourth-order valence-corrected chi connectivity index (χ4v) is 9.65. The Bertz CT molecular complexity index is 914. The van der Waals surface area contributed by atoms with Gasteiger partial charge in [-0.25, -0.2) is 0 Å². The average molecular weight is 559 g/mol. The largest absolute Gasteiger partial charge is 0.417 e. The van der Waals surface area contributed by atoms with Gasteiger partial charge in [-0.1, -0.05) is 80.7 Å². The monoisotopic (exact) mass is 558 g/mol. The van der Waals surface area contributed by atoms with E-state index in [0.29, 0.717) is 23.7 Å². The Morgan fingerprint density at radius 2 is 1.45 bits per heavy atom. The zero-order chi connectivity index (χ0) is 28.9. The molecule has 2 fully saturated rings. The van der Waals surface area contributed by atoms with Crippen LogP contribution in [0.1, 0.15) is 101 Å². The quantitative estimate of drug-likeness (QED) is 0.228. The van der Waals surface area contributed by atoms with E-state index in [4.69, 9.17) is 15.3 Å². The minimum absolute atomic E-state index is 0.137. The number of hydrogen-bond acceptors (Lipinski definition) is 2. The minimum Gasteiger partial charge on any atom is -0.417 e. The lowest BCUT2D eigenvalue weighted by Crippen LogP contribution is -2.54. The van der Waals surface area contributed by atoms with Crippen molar-refractivity contribution < 1.29 is 8.85 Å². The SMILES string of the molecule is C#CC1=CCC2[C@H](CO[Si](C)(C)C(C)(C)C)C([C@@]3(C)CC[C@H](C)C[C@@H]3CO[Si](C)(C)C(C)(C)C)CC[C@]12C. The van der Waals surface area contributed by atoms with Crippen molar-refractivity contribution in [2.24, 2.45) is 40.4 Å². The Morgan fingerprint density at radius 3 is 1.97 bits per heavy atom. The molecule has 3 rings (SSSR count). The van der Waals surface area contributed by atoms with Crippen LogP contribution in [0, 0.1) is 52.8 Å². The molecule has 0 aromatic heterocycles. The smallest absolute Gasteiger partial charge is 0.191 e. The summed E-state index contributed by atoms with van der Waals surface area (Å²) in [5.74, 6) is 6.32. The minimum atomic E-state index is -1.85. The molecule has 2 nitrogen and oxygen atoms in total. The van der Waals surface area contributed by atoms with E-state index in [9.17, 15) is 0 Å². The number of allylic oxidation sites excluding steroid dienone is 2. The normalized spacial score (nSPS) is 36.9. The van der Waals surface area contributed by atoms with Gasteiger partial charge in [-0.2, -0.15) is 0 Å². The van der Waals surface area contributed by atoms with E-state index < -0.39 is 16.6 Å². The summed E-state index contributed by atoms with van der Waals surface area (Å²) in [5.41, 5.74) is 1.69. The summed E-state index contributed by atoms with van der Waals surface area (Å²) in [4.78, 5) is 0. The zero-order valence-electron chi connectivity index (χ0n) is 27.5. The maximum absolute atomic E-state index is 7.08. The highest BCUT2D eigenvalue weighted by molar-refractivity contribution is 6.74. The third-order valence-electron chi connectivity index (χ3n) is 12.7. The number of hydrogen-bond donors (Lipinski definition) is 0. The third-order valence-corrected chi connectivity index (χ3v) is 21.7. The first-order chi connectivity index (χ1) is 17.2. The van der Waals surface area contributed by atoms with Gasteiger partial charge in [0.1, 0.15) is 0 Å². The topological polar surface area (TPSA) is 18.5 Å². The van der Waals surface area contributed by atoms with Crippen LogP contribution in [-0.2, 0) is 8.85 Å². The molecule has 0 bridgehead atoms. The Balaban J connectivity index is 1.95. The fourth-order valence-electron chi connectivity index (χ4n) is 7.56. The molecule has 0 spiro atoms. The first-order valence-electron chi connectivity index (χ1n) is 15.6. The van der Waals surface area contributed by atoms with Gasteiger partial charge in [0, 0.05) is 24.2 Å². The molecular weight excluding hydrogens is 497 g/mol. The molecule has 0 aromatic rings. The summed E-state index contributed by atoms with van der Waals surface area (Å²) in [6, 6.07) is 0. The van der Waals surface area contributed by atoms with E-state index in [-0.39, 0.29) is 20.9 Å². The van der Waals surface area contributed by atoms with Crippen molar-refractivity contribution in [3.8, 4) is 12.3 Å². The van der Waals surface area contributed by atoms with Crippen LogP contribution in [0.3, 0.4) is 0 Å². The van der Waals surface area contributed by atoms with Crippen LogP contribution in [0.25, 0.3) is 0 Å². The van der Waals surface area contributed by atoms with Gasteiger partial charge in [-0.05, 0) is 103 Å². The first kappa shape index (κ1) is 32.2. The van der Waals surface area contributed by atoms with E-state index >= 15 is 0 Å². The number of fused-ring (bicyclic) bond motifs is 1. The Labute approximate surface area is 239 Å². The highest BCUT2D eigenvalue weighted by Crippen LogP contribution is 2.63. The molecule has 0 radical (unpaired) electrons. The van der Waals surface area contributed by atoms with Gasteiger partial charge < -0.3 is 8.85 Å². The van der Waals surface area contributed by atoms with Gasteiger partial charge in [0.2, 0.25) is 0 Å². The molecule has 3 aliphatic rings. The van der Waals surface area contributed by atoms with Crippen LogP contribution in [0.15, 0.2) is 11.6 Å². The predicted molar refractivity (Wildman–Crippen MR) is 170 cm³/mol. The van der Waals surface area contributed by atoms with Gasteiger partial charge in [0.15, 0.2) is 16.6 Å². The van der Waals surface area contributed by atoms with Crippen LogP contribution < -0.4 is 0 Å². The van der Waals surface area contributed by atoms with E-state index in [1.807, 2.05) is 0 Å². The Morgan fingerprint density at radius 1 is 0.895 bits per heavy atom. The molecule has 38 heavy (non-hydrogen) atoms. The highest BCUT2D eigenvalue weighted by Gasteiger charge is 2.57. The summed E-state index contributed by atoms with van der Waals surface area (Å²) >= 11 is 0. The Hall–Kier alpha value is -0.346. The van der Waals surface area contributed by atoms with Gasteiger partial charge in [-0.3, -0.25) is 0 Å². The van der Waals surface area contributed by atoms with E-state index in [0.717, 1.165) is 25.6 Å². The van der Waals surface area contributed by atoms with Gasteiger partial charge in [0.25, 0.3) is 0 Å². The second-order valence-electron chi connectivity index (χ2n) is 17.1. The third kappa shape index (κ3) is 5.97. The molecule has 0 saturated heterocycles. The zero-order valence-corrected chi connectivity index (χ0v) is 29.5. The molecule has 4 heteroatoms. The van der Waals surface area contributed by atoms with Crippen LogP contribution in [-0.4, -0.2) is 29.8 Å². The molecule has 2 saturated carbocycles. The fraction of sp³-hybridized carbons (Fsp3) is 0.882. The van der Waals surface area contributed by atoms with Crippen LogP contribution in [0.4, 0.5) is 0 Å². The lowest BCUT2D eigenvalue weighted by molar-refractivity contribution is -0.0907. The maximum atomic E-state index is 7.08. The molecular formula is C34H62O2Si2. The average Bonchev–Trinajstić information content (AvgIpc) is 3.13. The van der Waals surface area contributed by atoms with Crippen molar-refractivity contribution in [1.29, 1.82) is 0 Å². The van der Waals surface area contributed by atoms with E-state index in [1.165, 1.54) is 37.7 Å². The molecule has 0 heterocycles. The Kier molecular flexibility index (Phi) is 9.15. The lowest BCUT2D eigenvalue weighted by atomic mass is 9.48. The van der Waals surface area contributed by atoms with Crippen molar-refractivity contribution in [3.05, 3.63) is 11.6 Å². The molecule has 0 aliphatic heterocycles. The van der Waals surface area contributed by atoms with Crippen LogP contribution >= 0.6 is 0 Å². The first-order valence-corrected chi connectivity index (χ1v) is 21.5. The summed E-state index contributed by atoms with van der Waals surface area (Å²) in [7, 11) is -3.65. The van der Waals surface area contributed by atoms with Gasteiger partial charge in [0.05, 0.1) is 0 Å². The summed E-state index contributed by atoms with van der Waals surface area (Å²) in [5, 5.41) is 0.471. The van der Waals surface area contributed by atoms with Crippen molar-refractivity contribution in [1.82, 2.24) is 0 Å². The molecule has 7 atom stereocenters. The summed E-state index contributed by atoms with van der Waals surface area (Å²) in [6.45, 7) is 33.3. The van der Waals surface area contributed by atoms with Crippen molar-refractivity contribution in [2.75, 3.05) is 13.2 Å². The maximum Gasteiger partial charge on any atom is 0.191 e. The predicted octanol–water partition coefficient (Wildman–Crippen LogP) is 10.1. The van der Waals surface area contributed by atoms with Crippen molar-refractivity contribution >= 4 is 16.6 Å². The second-order valence-corrected chi connectivity index (χ2v) is 26.7. The van der Waals surface area contributed by atoms with Gasteiger partial charge >= 0.3 is 0 Å². The molecule has 3 aliphatic carbocycles. The molecule has 218 valence electrons. The van der Waals surface area contributed by atoms with Crippen LogP contribution in [0.5, 0.6) is 0 Å². The summed E-state index contributed by atoms with van der Waals surface area (Å²) in [6.07, 6.45) is 16.0. The standard InChI is InChI=1S/C34H62O2Si2/c1-15-26-16-17-29-28(24-36-38(13,14)32(6,7)8)30(19-21-33(26,29)9)34(10)20-18-25(2)22-27(34)23-35-37(11,12)31(3,4)5/h1,16,25,27-30H,17-24H2,2-14H3/t25-,27+,28-,29?,30?,33+,34-/m0/s1. The van der Waals surface area contributed by atoms with Crippen LogP contribution in [0.2, 0.25) is 36.3 Å². The van der Waals surface area contributed by atoms with Crippen molar-refractivity contribution in [3.63, 3.8) is 0 Å². The molecule has 2 unspecified atom stereocenters. The summed E-state index contributed by atoms with van der Waals surface area (Å²) < 4.78 is 14.1. The van der Waals surface area contributed by atoms with E-state index in [1.54, 1.807) is 0 Å². The molecule has 0 amide bonds. The lowest BCUT2D eigenvalue weighted by Gasteiger charge is -2.58. The number of rotatable bonds is 7. The number of terminal acetylenes is 1. The molecule has 0 N–H and O–H groups in total. The highest BCUT2D eigenvalue weighted by atomic mass is 28.4. The van der Waals surface area contributed by atoms with Gasteiger partial charge in [-0.15, -0.1) is 6.42 Å². The second kappa shape index (κ2) is 10.8. The van der Waals surface area contributed by atoms with Crippen molar-refractivity contribution in [2.45, 2.75) is 137 Å².